The maximum absolute atomic E-state index is 12.5. The van der Waals surface area contributed by atoms with Gasteiger partial charge in [0, 0.05) is 13.1 Å². The van der Waals surface area contributed by atoms with Gasteiger partial charge in [-0.05, 0) is 37.5 Å². The Labute approximate surface area is 119 Å². The third-order valence-electron chi connectivity index (χ3n) is 3.62. The van der Waals surface area contributed by atoms with Crippen molar-refractivity contribution in [2.24, 2.45) is 5.92 Å². The quantitative estimate of drug-likeness (QED) is 0.794. The molecule has 2 rings (SSSR count). The average Bonchev–Trinajstić information content (AvgIpc) is 2.46. The maximum Gasteiger partial charge on any atom is 0.308 e. The van der Waals surface area contributed by atoms with Crippen molar-refractivity contribution in [3.8, 4) is 0 Å². The van der Waals surface area contributed by atoms with Gasteiger partial charge in [-0.25, -0.2) is 8.42 Å². The summed E-state index contributed by atoms with van der Waals surface area (Å²) in [6, 6.07) is 6.88. The summed E-state index contributed by atoms with van der Waals surface area (Å²) in [5.41, 5.74) is 0.913. The topological polar surface area (TPSA) is 63.7 Å². The number of sulfonamides is 1. The Kier molecular flexibility index (Phi) is 4.45. The summed E-state index contributed by atoms with van der Waals surface area (Å²) < 4.78 is 31.1. The molecule has 1 aliphatic heterocycles. The molecule has 20 heavy (non-hydrogen) atoms. The summed E-state index contributed by atoms with van der Waals surface area (Å²) in [6.07, 6.45) is 1.02. The van der Waals surface area contributed by atoms with Crippen LogP contribution in [0.3, 0.4) is 0 Å². The van der Waals surface area contributed by atoms with Gasteiger partial charge in [-0.15, -0.1) is 0 Å². The van der Waals surface area contributed by atoms with Crippen LogP contribution in [0.5, 0.6) is 0 Å². The molecule has 1 aromatic rings. The van der Waals surface area contributed by atoms with Gasteiger partial charge in [0.1, 0.15) is 0 Å². The van der Waals surface area contributed by atoms with Crippen molar-refractivity contribution < 1.29 is 17.9 Å². The standard InChI is InChI=1S/C14H19NO4S/c1-11-4-3-5-13(10-11)20(17,18)15-8-6-12(7-9-15)14(16)19-2/h3-5,10,12H,6-9H2,1-2H3. The van der Waals surface area contributed by atoms with Crippen LogP contribution in [0.1, 0.15) is 18.4 Å². The third kappa shape index (κ3) is 3.02. The minimum Gasteiger partial charge on any atom is -0.469 e. The highest BCUT2D eigenvalue weighted by Gasteiger charge is 2.32. The van der Waals surface area contributed by atoms with Gasteiger partial charge in [-0.1, -0.05) is 12.1 Å². The van der Waals surface area contributed by atoms with E-state index in [1.807, 2.05) is 13.0 Å². The average molecular weight is 297 g/mol. The summed E-state index contributed by atoms with van der Waals surface area (Å²) in [6.45, 7) is 2.58. The first-order chi connectivity index (χ1) is 9.45. The fourth-order valence-electron chi connectivity index (χ4n) is 2.42. The summed E-state index contributed by atoms with van der Waals surface area (Å²) >= 11 is 0. The zero-order valence-electron chi connectivity index (χ0n) is 11.7. The van der Waals surface area contributed by atoms with Gasteiger partial charge < -0.3 is 4.74 Å². The molecule has 0 aromatic heterocycles. The van der Waals surface area contributed by atoms with E-state index in [0.29, 0.717) is 30.8 Å². The number of carbonyl (C=O) groups is 1. The van der Waals surface area contributed by atoms with E-state index >= 15 is 0 Å². The molecule has 1 aliphatic rings. The van der Waals surface area contributed by atoms with Crippen molar-refractivity contribution in [2.45, 2.75) is 24.7 Å². The van der Waals surface area contributed by atoms with E-state index in [1.165, 1.54) is 11.4 Å². The van der Waals surface area contributed by atoms with Crippen LogP contribution in [0.2, 0.25) is 0 Å². The van der Waals surface area contributed by atoms with Gasteiger partial charge >= 0.3 is 5.97 Å². The molecule has 0 aliphatic carbocycles. The van der Waals surface area contributed by atoms with Crippen molar-refractivity contribution in [3.05, 3.63) is 29.8 Å². The fraction of sp³-hybridized carbons (Fsp3) is 0.500. The van der Waals surface area contributed by atoms with Crippen LogP contribution in [0.4, 0.5) is 0 Å². The molecule has 1 aromatic carbocycles. The number of aryl methyl sites for hydroxylation is 1. The highest BCUT2D eigenvalue weighted by atomic mass is 32.2. The van der Waals surface area contributed by atoms with Crippen molar-refractivity contribution in [1.29, 1.82) is 0 Å². The summed E-state index contributed by atoms with van der Waals surface area (Å²) in [4.78, 5) is 11.8. The number of benzene rings is 1. The van der Waals surface area contributed by atoms with Gasteiger partial charge in [0.25, 0.3) is 0 Å². The monoisotopic (exact) mass is 297 g/mol. The second-order valence-corrected chi connectivity index (χ2v) is 6.96. The molecular weight excluding hydrogens is 278 g/mol. The number of nitrogens with zero attached hydrogens (tertiary/aromatic N) is 1. The molecule has 0 bridgehead atoms. The largest absolute Gasteiger partial charge is 0.469 e. The molecule has 0 saturated carbocycles. The van der Waals surface area contributed by atoms with Gasteiger partial charge in [0.05, 0.1) is 17.9 Å². The van der Waals surface area contributed by atoms with Crippen molar-refractivity contribution >= 4 is 16.0 Å². The number of hydrogen-bond donors (Lipinski definition) is 0. The molecule has 1 saturated heterocycles. The molecule has 0 amide bonds. The Hall–Kier alpha value is -1.40. The Balaban J connectivity index is 2.11. The Morgan fingerprint density at radius 1 is 1.30 bits per heavy atom. The maximum atomic E-state index is 12.5. The number of methoxy groups -OCH3 is 1. The van der Waals surface area contributed by atoms with Crippen molar-refractivity contribution in [1.82, 2.24) is 4.31 Å². The number of esters is 1. The smallest absolute Gasteiger partial charge is 0.308 e. The van der Waals surface area contributed by atoms with Crippen LogP contribution in [0.25, 0.3) is 0 Å². The predicted octanol–water partition coefficient (Wildman–Crippen LogP) is 1.57. The molecule has 0 N–H and O–H groups in total. The summed E-state index contributed by atoms with van der Waals surface area (Å²) in [7, 11) is -2.10. The predicted molar refractivity (Wildman–Crippen MR) is 74.7 cm³/mol. The number of carbonyl (C=O) groups excluding carboxylic acids is 1. The lowest BCUT2D eigenvalue weighted by atomic mass is 9.99. The first-order valence-corrected chi connectivity index (χ1v) is 8.04. The number of ether oxygens (including phenoxy) is 1. The minimum atomic E-state index is -3.46. The third-order valence-corrected chi connectivity index (χ3v) is 5.51. The molecule has 0 unspecified atom stereocenters. The lowest BCUT2D eigenvalue weighted by Gasteiger charge is -2.29. The van der Waals surface area contributed by atoms with Gasteiger partial charge in [0.15, 0.2) is 0 Å². The van der Waals surface area contributed by atoms with Gasteiger partial charge in [0.2, 0.25) is 10.0 Å². The van der Waals surface area contributed by atoms with Crippen LogP contribution >= 0.6 is 0 Å². The van der Waals surface area contributed by atoms with Crippen LogP contribution in [-0.4, -0.2) is 38.9 Å². The molecule has 5 nitrogen and oxygen atoms in total. The molecule has 1 heterocycles. The molecular formula is C14H19NO4S. The van der Waals surface area contributed by atoms with Crippen LogP contribution in [0, 0.1) is 12.8 Å². The number of hydrogen-bond acceptors (Lipinski definition) is 4. The Morgan fingerprint density at radius 3 is 2.50 bits per heavy atom. The highest BCUT2D eigenvalue weighted by molar-refractivity contribution is 7.89. The normalized spacial score (nSPS) is 17.9. The van der Waals surface area contributed by atoms with Crippen LogP contribution < -0.4 is 0 Å². The molecule has 1 fully saturated rings. The zero-order valence-corrected chi connectivity index (χ0v) is 12.5. The van der Waals surface area contributed by atoms with Gasteiger partial charge in [-0.3, -0.25) is 4.79 Å². The fourth-order valence-corrected chi connectivity index (χ4v) is 4.00. The van der Waals surface area contributed by atoms with Crippen LogP contribution in [-0.2, 0) is 19.6 Å². The van der Waals surface area contributed by atoms with E-state index in [4.69, 9.17) is 4.74 Å². The van der Waals surface area contributed by atoms with Crippen molar-refractivity contribution in [2.75, 3.05) is 20.2 Å². The van der Waals surface area contributed by atoms with E-state index in [0.717, 1.165) is 5.56 Å². The van der Waals surface area contributed by atoms with E-state index in [9.17, 15) is 13.2 Å². The summed E-state index contributed by atoms with van der Waals surface area (Å²) in [5, 5.41) is 0. The Bertz CT molecular complexity index is 589. The minimum absolute atomic E-state index is 0.191. The second-order valence-electron chi connectivity index (χ2n) is 5.02. The SMILES string of the molecule is COC(=O)C1CCN(S(=O)(=O)c2cccc(C)c2)CC1. The van der Waals surface area contributed by atoms with E-state index in [-0.39, 0.29) is 11.9 Å². The van der Waals surface area contributed by atoms with Crippen molar-refractivity contribution in [3.63, 3.8) is 0 Å². The van der Waals surface area contributed by atoms with E-state index < -0.39 is 10.0 Å². The number of rotatable bonds is 3. The highest BCUT2D eigenvalue weighted by Crippen LogP contribution is 2.24. The molecule has 0 radical (unpaired) electrons. The molecule has 110 valence electrons. The lowest BCUT2D eigenvalue weighted by molar-refractivity contribution is -0.146. The van der Waals surface area contributed by atoms with Gasteiger partial charge in [-0.2, -0.15) is 4.31 Å². The first-order valence-electron chi connectivity index (χ1n) is 6.60. The second kappa shape index (κ2) is 5.93. The first kappa shape index (κ1) is 15.0. The number of piperidine rings is 1. The molecule has 0 spiro atoms. The molecule has 6 heteroatoms. The summed E-state index contributed by atoms with van der Waals surface area (Å²) in [5.74, 6) is -0.443. The zero-order chi connectivity index (χ0) is 14.8. The molecule has 0 atom stereocenters. The Morgan fingerprint density at radius 2 is 1.95 bits per heavy atom. The van der Waals surface area contributed by atoms with Crippen LogP contribution in [0.15, 0.2) is 29.2 Å². The van der Waals surface area contributed by atoms with E-state index in [1.54, 1.807) is 18.2 Å². The lowest BCUT2D eigenvalue weighted by Crippen LogP contribution is -2.40. The van der Waals surface area contributed by atoms with E-state index in [2.05, 4.69) is 0 Å².